The predicted octanol–water partition coefficient (Wildman–Crippen LogP) is 3.75. The maximum atomic E-state index is 13.2. The van der Waals surface area contributed by atoms with E-state index >= 15 is 0 Å². The summed E-state index contributed by atoms with van der Waals surface area (Å²) >= 11 is 0. The number of hydrogen-bond donors (Lipinski definition) is 0. The molecule has 1 aromatic heterocycles. The van der Waals surface area contributed by atoms with Crippen molar-refractivity contribution in [2.75, 3.05) is 11.5 Å². The Bertz CT molecular complexity index is 854. The molecule has 126 valence electrons. The summed E-state index contributed by atoms with van der Waals surface area (Å²) in [6.45, 7) is 0.511. The standard InChI is InChI=1S/C20H17FN2O2/c21-17-5-1-3-14(11-17)7-8-15-9-10-19(22-12-15)23-18-6-2-4-16(18)13-25-20(23)24/h1,3,5,9-12,16,18H,2,4,6,13H2/t16-,18-/m1/s1. The lowest BCUT2D eigenvalue weighted by molar-refractivity contribution is 0.104. The first-order valence-electron chi connectivity index (χ1n) is 8.40. The second-order valence-electron chi connectivity index (χ2n) is 6.37. The van der Waals surface area contributed by atoms with Crippen molar-refractivity contribution in [1.82, 2.24) is 4.98 Å². The van der Waals surface area contributed by atoms with E-state index in [0.29, 0.717) is 29.5 Å². The first-order chi connectivity index (χ1) is 12.2. The molecule has 0 spiro atoms. The van der Waals surface area contributed by atoms with Crippen LogP contribution in [0.2, 0.25) is 0 Å². The molecule has 5 heteroatoms. The molecule has 0 unspecified atom stereocenters. The normalized spacial score (nSPS) is 22.0. The van der Waals surface area contributed by atoms with E-state index in [4.69, 9.17) is 4.74 Å². The third kappa shape index (κ3) is 3.20. The van der Waals surface area contributed by atoms with Gasteiger partial charge in [0.2, 0.25) is 0 Å². The number of carbonyl (C=O) groups excluding carboxylic acids is 1. The second kappa shape index (κ2) is 6.56. The predicted molar refractivity (Wildman–Crippen MR) is 91.6 cm³/mol. The molecule has 0 N–H and O–H groups in total. The van der Waals surface area contributed by atoms with Gasteiger partial charge in [0, 0.05) is 29.3 Å². The van der Waals surface area contributed by atoms with E-state index in [1.807, 2.05) is 6.07 Å². The molecule has 4 nitrogen and oxygen atoms in total. The molecule has 2 atom stereocenters. The zero-order chi connectivity index (χ0) is 17.2. The Morgan fingerprint density at radius 3 is 2.84 bits per heavy atom. The Balaban J connectivity index is 1.55. The lowest BCUT2D eigenvalue weighted by atomic mass is 10.0. The smallest absolute Gasteiger partial charge is 0.415 e. The molecule has 2 heterocycles. The Labute approximate surface area is 145 Å². The molecule has 25 heavy (non-hydrogen) atoms. The van der Waals surface area contributed by atoms with E-state index in [1.165, 1.54) is 12.1 Å². The van der Waals surface area contributed by atoms with Gasteiger partial charge in [0.25, 0.3) is 0 Å². The molecule has 1 saturated heterocycles. The van der Waals surface area contributed by atoms with Crippen LogP contribution in [0.15, 0.2) is 42.6 Å². The Morgan fingerprint density at radius 2 is 2.04 bits per heavy atom. The van der Waals surface area contributed by atoms with Crippen molar-refractivity contribution >= 4 is 11.9 Å². The number of cyclic esters (lactones) is 1. The van der Waals surface area contributed by atoms with Gasteiger partial charge in [-0.2, -0.15) is 0 Å². The van der Waals surface area contributed by atoms with Gasteiger partial charge in [0.15, 0.2) is 0 Å². The molecule has 4 rings (SSSR count). The van der Waals surface area contributed by atoms with Crippen LogP contribution in [0, 0.1) is 23.6 Å². The van der Waals surface area contributed by atoms with E-state index in [9.17, 15) is 9.18 Å². The number of anilines is 1. The molecular weight excluding hydrogens is 319 g/mol. The number of ether oxygens (including phenoxy) is 1. The minimum absolute atomic E-state index is 0.179. The van der Waals surface area contributed by atoms with Crippen molar-refractivity contribution in [2.24, 2.45) is 5.92 Å². The highest BCUT2D eigenvalue weighted by Gasteiger charge is 2.41. The summed E-state index contributed by atoms with van der Waals surface area (Å²) in [5.74, 6) is 6.55. The monoisotopic (exact) mass is 336 g/mol. The summed E-state index contributed by atoms with van der Waals surface area (Å²) in [6.07, 6.45) is 4.50. The van der Waals surface area contributed by atoms with E-state index in [0.717, 1.165) is 19.3 Å². The number of amides is 1. The minimum atomic E-state index is -0.325. The molecule has 2 aromatic rings. The zero-order valence-corrected chi connectivity index (χ0v) is 13.6. The average Bonchev–Trinajstić information content (AvgIpc) is 3.09. The Hall–Kier alpha value is -2.87. The molecule has 2 fully saturated rings. The van der Waals surface area contributed by atoms with Gasteiger partial charge in [-0.25, -0.2) is 14.2 Å². The van der Waals surface area contributed by atoms with Crippen LogP contribution in [0.4, 0.5) is 15.0 Å². The minimum Gasteiger partial charge on any atom is -0.449 e. The fraction of sp³-hybridized carbons (Fsp3) is 0.300. The first-order valence-corrected chi connectivity index (χ1v) is 8.40. The average molecular weight is 336 g/mol. The largest absolute Gasteiger partial charge is 0.449 e. The number of benzene rings is 1. The summed E-state index contributed by atoms with van der Waals surface area (Å²) in [5.41, 5.74) is 1.32. The number of halogens is 1. The summed E-state index contributed by atoms with van der Waals surface area (Å²) in [6, 6.07) is 9.94. The quantitative estimate of drug-likeness (QED) is 0.745. The number of nitrogens with zero attached hydrogens (tertiary/aromatic N) is 2. The summed E-state index contributed by atoms with van der Waals surface area (Å²) in [7, 11) is 0. The van der Waals surface area contributed by atoms with Gasteiger partial charge in [0.05, 0.1) is 6.61 Å². The SMILES string of the molecule is O=C1OC[C@H]2CCC[C@H]2N1c1ccc(C#Cc2cccc(F)c2)cn1. The summed E-state index contributed by atoms with van der Waals surface area (Å²) in [4.78, 5) is 18.2. The number of hydrogen-bond acceptors (Lipinski definition) is 3. The maximum absolute atomic E-state index is 13.2. The molecular formula is C20H17FN2O2. The highest BCUT2D eigenvalue weighted by Crippen LogP contribution is 2.36. The van der Waals surface area contributed by atoms with Crippen LogP contribution < -0.4 is 4.90 Å². The van der Waals surface area contributed by atoms with E-state index in [-0.39, 0.29) is 18.0 Å². The van der Waals surface area contributed by atoms with Gasteiger partial charge in [-0.05, 0) is 43.2 Å². The van der Waals surface area contributed by atoms with Crippen molar-refractivity contribution in [3.8, 4) is 11.8 Å². The van der Waals surface area contributed by atoms with Gasteiger partial charge < -0.3 is 4.74 Å². The lowest BCUT2D eigenvalue weighted by Crippen LogP contribution is -2.49. The summed E-state index contributed by atoms with van der Waals surface area (Å²) in [5, 5.41) is 0. The molecule has 1 aromatic carbocycles. The molecule has 0 bridgehead atoms. The van der Waals surface area contributed by atoms with Gasteiger partial charge in [-0.3, -0.25) is 4.90 Å². The number of aromatic nitrogens is 1. The van der Waals surface area contributed by atoms with E-state index < -0.39 is 0 Å². The second-order valence-corrected chi connectivity index (χ2v) is 6.37. The first kappa shape index (κ1) is 15.6. The van der Waals surface area contributed by atoms with Crippen molar-refractivity contribution in [2.45, 2.75) is 25.3 Å². The number of pyridine rings is 1. The molecule has 1 saturated carbocycles. The van der Waals surface area contributed by atoms with Gasteiger partial charge >= 0.3 is 6.09 Å². The van der Waals surface area contributed by atoms with Crippen LogP contribution >= 0.6 is 0 Å². The zero-order valence-electron chi connectivity index (χ0n) is 13.6. The third-order valence-electron chi connectivity index (χ3n) is 4.74. The topological polar surface area (TPSA) is 42.4 Å². The van der Waals surface area contributed by atoms with Crippen LogP contribution in [0.25, 0.3) is 0 Å². The van der Waals surface area contributed by atoms with Gasteiger partial charge in [-0.1, -0.05) is 24.3 Å². The lowest BCUT2D eigenvalue weighted by Gasteiger charge is -2.35. The molecule has 1 amide bonds. The fourth-order valence-electron chi connectivity index (χ4n) is 3.51. The van der Waals surface area contributed by atoms with Crippen LogP contribution in [-0.4, -0.2) is 23.7 Å². The van der Waals surface area contributed by atoms with Crippen molar-refractivity contribution < 1.29 is 13.9 Å². The van der Waals surface area contributed by atoms with Crippen molar-refractivity contribution in [3.63, 3.8) is 0 Å². The van der Waals surface area contributed by atoms with Crippen LogP contribution in [0.5, 0.6) is 0 Å². The van der Waals surface area contributed by atoms with Crippen LogP contribution in [0.1, 0.15) is 30.4 Å². The number of carbonyl (C=O) groups is 1. The maximum Gasteiger partial charge on any atom is 0.415 e. The number of fused-ring (bicyclic) bond motifs is 1. The van der Waals surface area contributed by atoms with Gasteiger partial charge in [-0.15, -0.1) is 0 Å². The van der Waals surface area contributed by atoms with E-state index in [1.54, 1.807) is 29.3 Å². The van der Waals surface area contributed by atoms with E-state index in [2.05, 4.69) is 16.8 Å². The highest BCUT2D eigenvalue weighted by atomic mass is 19.1. The molecule has 2 aliphatic rings. The van der Waals surface area contributed by atoms with Crippen LogP contribution in [-0.2, 0) is 4.74 Å². The fourth-order valence-corrected chi connectivity index (χ4v) is 3.51. The van der Waals surface area contributed by atoms with Crippen molar-refractivity contribution in [1.29, 1.82) is 0 Å². The van der Waals surface area contributed by atoms with Crippen molar-refractivity contribution in [3.05, 3.63) is 59.5 Å². The third-order valence-corrected chi connectivity index (χ3v) is 4.74. The Kier molecular flexibility index (Phi) is 4.10. The molecule has 1 aliphatic heterocycles. The summed E-state index contributed by atoms with van der Waals surface area (Å²) < 4.78 is 18.5. The molecule has 1 aliphatic carbocycles. The number of rotatable bonds is 1. The highest BCUT2D eigenvalue weighted by molar-refractivity contribution is 5.88. The van der Waals surface area contributed by atoms with Gasteiger partial charge in [0.1, 0.15) is 11.6 Å². The van der Waals surface area contributed by atoms with Crippen LogP contribution in [0.3, 0.4) is 0 Å². The molecule has 0 radical (unpaired) electrons. The Morgan fingerprint density at radius 1 is 1.16 bits per heavy atom.